The summed E-state index contributed by atoms with van der Waals surface area (Å²) in [6, 6.07) is 4.91. The van der Waals surface area contributed by atoms with Gasteiger partial charge in [-0.1, -0.05) is 12.1 Å². The van der Waals surface area contributed by atoms with Crippen molar-refractivity contribution < 1.29 is 27.5 Å². The highest BCUT2D eigenvalue weighted by atomic mass is 19.4. The van der Waals surface area contributed by atoms with Crippen molar-refractivity contribution in [1.29, 1.82) is 0 Å². The number of alkyl halides is 3. The van der Waals surface area contributed by atoms with Crippen LogP contribution in [0.1, 0.15) is 30.4 Å². The van der Waals surface area contributed by atoms with E-state index in [-0.39, 0.29) is 37.4 Å². The van der Waals surface area contributed by atoms with Crippen LogP contribution >= 0.6 is 0 Å². The highest BCUT2D eigenvalue weighted by molar-refractivity contribution is 5.89. The van der Waals surface area contributed by atoms with Crippen molar-refractivity contribution in [1.82, 2.24) is 10.2 Å². The molecule has 2 aliphatic rings. The van der Waals surface area contributed by atoms with Crippen molar-refractivity contribution in [2.24, 2.45) is 5.92 Å². The number of carbonyl (C=O) groups is 2. The van der Waals surface area contributed by atoms with Gasteiger partial charge in [0.05, 0.1) is 17.6 Å². The maximum atomic E-state index is 12.8. The van der Waals surface area contributed by atoms with Gasteiger partial charge < -0.3 is 15.0 Å². The Morgan fingerprint density at radius 1 is 1.35 bits per heavy atom. The molecule has 5 nitrogen and oxygen atoms in total. The molecule has 3 rings (SSSR count). The van der Waals surface area contributed by atoms with Crippen LogP contribution in [-0.2, 0) is 27.0 Å². The fourth-order valence-corrected chi connectivity index (χ4v) is 3.33. The Morgan fingerprint density at radius 3 is 2.85 bits per heavy atom. The number of ether oxygens (including phenoxy) is 1. The molecule has 0 aromatic heterocycles. The lowest BCUT2D eigenvalue weighted by Gasteiger charge is -2.18. The molecule has 2 amide bonds. The first kappa shape index (κ1) is 18.7. The van der Waals surface area contributed by atoms with E-state index >= 15 is 0 Å². The Kier molecular flexibility index (Phi) is 5.50. The smallest absolute Gasteiger partial charge is 0.376 e. The minimum atomic E-state index is -4.42. The zero-order chi connectivity index (χ0) is 18.7. The van der Waals surface area contributed by atoms with Gasteiger partial charge in [0.25, 0.3) is 0 Å². The summed E-state index contributed by atoms with van der Waals surface area (Å²) >= 11 is 0. The van der Waals surface area contributed by atoms with E-state index in [1.54, 1.807) is 6.07 Å². The van der Waals surface area contributed by atoms with E-state index < -0.39 is 17.7 Å². The summed E-state index contributed by atoms with van der Waals surface area (Å²) in [6.45, 7) is 1.41. The highest BCUT2D eigenvalue weighted by Gasteiger charge is 2.35. The van der Waals surface area contributed by atoms with E-state index in [1.807, 2.05) is 0 Å². The molecule has 1 aromatic carbocycles. The summed E-state index contributed by atoms with van der Waals surface area (Å²) in [5.41, 5.74) is -0.346. The van der Waals surface area contributed by atoms with Crippen LogP contribution in [0.2, 0.25) is 0 Å². The summed E-state index contributed by atoms with van der Waals surface area (Å²) < 4.78 is 43.8. The summed E-state index contributed by atoms with van der Waals surface area (Å²) in [4.78, 5) is 25.8. The molecule has 0 saturated carbocycles. The molecule has 8 heteroatoms. The molecular formula is C18H21F3N2O3. The molecule has 0 spiro atoms. The molecule has 2 atom stereocenters. The number of rotatable bonds is 5. The molecule has 2 heterocycles. The van der Waals surface area contributed by atoms with Crippen LogP contribution in [-0.4, -0.2) is 42.5 Å². The van der Waals surface area contributed by atoms with Crippen LogP contribution in [0.15, 0.2) is 24.3 Å². The first-order chi connectivity index (χ1) is 12.3. The predicted molar refractivity (Wildman–Crippen MR) is 87.0 cm³/mol. The molecule has 2 aliphatic heterocycles. The van der Waals surface area contributed by atoms with Gasteiger partial charge in [-0.3, -0.25) is 9.59 Å². The van der Waals surface area contributed by atoms with E-state index in [9.17, 15) is 22.8 Å². The first-order valence-electron chi connectivity index (χ1n) is 8.66. The fourth-order valence-electron chi connectivity index (χ4n) is 3.33. The van der Waals surface area contributed by atoms with Crippen molar-refractivity contribution in [3.8, 4) is 0 Å². The van der Waals surface area contributed by atoms with E-state index in [0.29, 0.717) is 18.7 Å². The zero-order valence-electron chi connectivity index (χ0n) is 14.2. The van der Waals surface area contributed by atoms with Crippen LogP contribution in [0.4, 0.5) is 13.2 Å². The molecule has 1 aromatic rings. The SMILES string of the molecule is O=C(NC[C@@H]1CCCO1)[C@@H]1CC(=O)N(Cc2cccc(C(F)(F)F)c2)C1. The average molecular weight is 370 g/mol. The Morgan fingerprint density at radius 2 is 2.15 bits per heavy atom. The van der Waals surface area contributed by atoms with Gasteiger partial charge in [-0.05, 0) is 30.5 Å². The second-order valence-electron chi connectivity index (χ2n) is 6.75. The molecule has 1 N–H and O–H groups in total. The van der Waals surface area contributed by atoms with Gasteiger partial charge in [0, 0.05) is 32.7 Å². The maximum absolute atomic E-state index is 12.8. The van der Waals surface area contributed by atoms with Gasteiger partial charge in [0.2, 0.25) is 11.8 Å². The largest absolute Gasteiger partial charge is 0.416 e. The first-order valence-corrected chi connectivity index (χ1v) is 8.66. The zero-order valence-corrected chi connectivity index (χ0v) is 14.2. The van der Waals surface area contributed by atoms with Gasteiger partial charge in [0.1, 0.15) is 0 Å². The lowest BCUT2D eigenvalue weighted by molar-refractivity contribution is -0.137. The molecule has 2 fully saturated rings. The Labute approximate surface area is 149 Å². The third-order valence-corrected chi connectivity index (χ3v) is 4.74. The fraction of sp³-hybridized carbons (Fsp3) is 0.556. The number of carbonyl (C=O) groups excluding carboxylic acids is 2. The number of benzene rings is 1. The number of hydrogen-bond acceptors (Lipinski definition) is 3. The summed E-state index contributed by atoms with van der Waals surface area (Å²) in [6.07, 6.45) is -2.43. The minimum Gasteiger partial charge on any atom is -0.376 e. The number of nitrogens with zero attached hydrogens (tertiary/aromatic N) is 1. The molecule has 0 unspecified atom stereocenters. The third kappa shape index (κ3) is 4.55. The van der Waals surface area contributed by atoms with E-state index in [4.69, 9.17) is 4.74 Å². The van der Waals surface area contributed by atoms with E-state index in [2.05, 4.69) is 5.32 Å². The predicted octanol–water partition coefficient (Wildman–Crippen LogP) is 2.35. The summed E-state index contributed by atoms with van der Waals surface area (Å²) in [5, 5.41) is 2.81. The molecule has 26 heavy (non-hydrogen) atoms. The van der Waals surface area contributed by atoms with Crippen molar-refractivity contribution >= 4 is 11.8 Å². The normalized spacial score (nSPS) is 23.5. The van der Waals surface area contributed by atoms with Crippen molar-refractivity contribution in [2.45, 2.75) is 38.1 Å². The lowest BCUT2D eigenvalue weighted by Crippen LogP contribution is -2.37. The second-order valence-corrected chi connectivity index (χ2v) is 6.75. The topological polar surface area (TPSA) is 58.6 Å². The van der Waals surface area contributed by atoms with Gasteiger partial charge in [-0.2, -0.15) is 13.2 Å². The van der Waals surface area contributed by atoms with Crippen LogP contribution in [0.25, 0.3) is 0 Å². The van der Waals surface area contributed by atoms with Crippen LogP contribution in [0, 0.1) is 5.92 Å². The van der Waals surface area contributed by atoms with Crippen molar-refractivity contribution in [3.63, 3.8) is 0 Å². The minimum absolute atomic E-state index is 0.0252. The van der Waals surface area contributed by atoms with Gasteiger partial charge in [-0.15, -0.1) is 0 Å². The number of halogens is 3. The van der Waals surface area contributed by atoms with Gasteiger partial charge in [0.15, 0.2) is 0 Å². The molecule has 142 valence electrons. The number of amides is 2. The van der Waals surface area contributed by atoms with Crippen LogP contribution in [0.5, 0.6) is 0 Å². The van der Waals surface area contributed by atoms with Gasteiger partial charge in [-0.25, -0.2) is 0 Å². The third-order valence-electron chi connectivity index (χ3n) is 4.74. The number of likely N-dealkylation sites (tertiary alicyclic amines) is 1. The number of hydrogen-bond donors (Lipinski definition) is 1. The molecule has 0 bridgehead atoms. The number of nitrogens with one attached hydrogen (secondary N) is 1. The average Bonchev–Trinajstić information content (AvgIpc) is 3.23. The second kappa shape index (κ2) is 7.65. The quantitative estimate of drug-likeness (QED) is 0.866. The van der Waals surface area contributed by atoms with E-state index in [1.165, 1.54) is 11.0 Å². The van der Waals surface area contributed by atoms with E-state index in [0.717, 1.165) is 25.0 Å². The Hall–Kier alpha value is -2.09. The Balaban J connectivity index is 1.55. The summed E-state index contributed by atoms with van der Waals surface area (Å²) in [7, 11) is 0. The molecule has 0 aliphatic carbocycles. The van der Waals surface area contributed by atoms with Crippen LogP contribution in [0.3, 0.4) is 0 Å². The van der Waals surface area contributed by atoms with Crippen LogP contribution < -0.4 is 5.32 Å². The maximum Gasteiger partial charge on any atom is 0.416 e. The van der Waals surface area contributed by atoms with Crippen molar-refractivity contribution in [3.05, 3.63) is 35.4 Å². The molecule has 0 radical (unpaired) electrons. The molecular weight excluding hydrogens is 349 g/mol. The molecule has 2 saturated heterocycles. The lowest BCUT2D eigenvalue weighted by atomic mass is 10.1. The highest BCUT2D eigenvalue weighted by Crippen LogP contribution is 2.30. The summed E-state index contributed by atoms with van der Waals surface area (Å²) in [5.74, 6) is -0.908. The van der Waals surface area contributed by atoms with Crippen molar-refractivity contribution in [2.75, 3.05) is 19.7 Å². The van der Waals surface area contributed by atoms with Gasteiger partial charge >= 0.3 is 6.18 Å². The monoisotopic (exact) mass is 370 g/mol. The standard InChI is InChI=1S/C18H21F3N2O3/c19-18(20,21)14-4-1-3-12(7-14)10-23-11-13(8-16(23)24)17(25)22-9-15-5-2-6-26-15/h1,3-4,7,13,15H,2,5-6,8-11H2,(H,22,25)/t13-,15+/m1/s1. The Bertz CT molecular complexity index is 672.